The summed E-state index contributed by atoms with van der Waals surface area (Å²) in [5.74, 6) is -0.900. The van der Waals surface area contributed by atoms with E-state index < -0.39 is 5.97 Å². The number of ether oxygens (including phenoxy) is 1. The van der Waals surface area contributed by atoms with Crippen LogP contribution >= 0.6 is 0 Å². The number of hydrogen-bond donors (Lipinski definition) is 3. The zero-order valence-corrected chi connectivity index (χ0v) is 9.81. The molecule has 1 aromatic rings. The third-order valence-corrected chi connectivity index (χ3v) is 2.49. The number of amides is 1. The van der Waals surface area contributed by atoms with E-state index in [0.29, 0.717) is 11.4 Å². The fraction of sp³-hybridized carbons (Fsp3) is 0.333. The van der Waals surface area contributed by atoms with E-state index in [1.54, 1.807) is 0 Å². The topological polar surface area (TPSA) is 107 Å². The third-order valence-electron chi connectivity index (χ3n) is 2.49. The number of nitrogens with one attached hydrogen (secondary N) is 1. The van der Waals surface area contributed by atoms with Crippen molar-refractivity contribution in [2.75, 3.05) is 18.1 Å². The van der Waals surface area contributed by atoms with Gasteiger partial charge in [0.15, 0.2) is 6.61 Å². The van der Waals surface area contributed by atoms with Crippen molar-refractivity contribution in [2.24, 2.45) is 0 Å². The van der Waals surface area contributed by atoms with Gasteiger partial charge in [-0.05, 0) is 31.0 Å². The van der Waals surface area contributed by atoms with Crippen LogP contribution in [0.5, 0.6) is 0 Å². The largest absolute Gasteiger partial charge is 0.452 e. The SMILES string of the molecule is Nc1cc(N)cc(C(=O)OCC(=O)NC2CC2)c1. The van der Waals surface area contributed by atoms with E-state index in [1.165, 1.54) is 18.2 Å². The number of hydrogen-bond acceptors (Lipinski definition) is 5. The van der Waals surface area contributed by atoms with Gasteiger partial charge in [-0.25, -0.2) is 4.79 Å². The third kappa shape index (κ3) is 3.38. The average Bonchev–Trinajstić information content (AvgIpc) is 3.08. The predicted molar refractivity (Wildman–Crippen MR) is 66.7 cm³/mol. The van der Waals surface area contributed by atoms with Crippen molar-refractivity contribution in [2.45, 2.75) is 18.9 Å². The van der Waals surface area contributed by atoms with Crippen LogP contribution in [-0.2, 0) is 9.53 Å². The first kappa shape index (κ1) is 12.2. The van der Waals surface area contributed by atoms with E-state index in [0.717, 1.165) is 12.8 Å². The first-order valence-electron chi connectivity index (χ1n) is 5.67. The van der Waals surface area contributed by atoms with Gasteiger partial charge in [-0.1, -0.05) is 0 Å². The Morgan fingerprint density at radius 1 is 1.22 bits per heavy atom. The van der Waals surface area contributed by atoms with Crippen molar-refractivity contribution < 1.29 is 14.3 Å². The lowest BCUT2D eigenvalue weighted by Gasteiger charge is -2.06. The average molecular weight is 249 g/mol. The van der Waals surface area contributed by atoms with Gasteiger partial charge in [0.05, 0.1) is 5.56 Å². The predicted octanol–water partition coefficient (Wildman–Crippen LogP) is 0.286. The molecule has 0 atom stereocenters. The van der Waals surface area contributed by atoms with Gasteiger partial charge in [0, 0.05) is 17.4 Å². The van der Waals surface area contributed by atoms with Crippen molar-refractivity contribution in [3.8, 4) is 0 Å². The molecule has 1 saturated carbocycles. The molecule has 1 aliphatic carbocycles. The van der Waals surface area contributed by atoms with Gasteiger partial charge in [-0.2, -0.15) is 0 Å². The number of carbonyl (C=O) groups excluding carboxylic acids is 2. The highest BCUT2D eigenvalue weighted by molar-refractivity contribution is 5.93. The van der Waals surface area contributed by atoms with Crippen LogP contribution in [0.2, 0.25) is 0 Å². The monoisotopic (exact) mass is 249 g/mol. The van der Waals surface area contributed by atoms with E-state index in [9.17, 15) is 9.59 Å². The lowest BCUT2D eigenvalue weighted by atomic mass is 10.2. The molecule has 0 bridgehead atoms. The Bertz CT molecular complexity index is 463. The van der Waals surface area contributed by atoms with Crippen molar-refractivity contribution in [1.29, 1.82) is 0 Å². The van der Waals surface area contributed by atoms with Gasteiger partial charge in [0.2, 0.25) is 0 Å². The minimum absolute atomic E-state index is 0.242. The van der Waals surface area contributed by atoms with Gasteiger partial charge in [-0.15, -0.1) is 0 Å². The van der Waals surface area contributed by atoms with Crippen LogP contribution in [0.25, 0.3) is 0 Å². The van der Waals surface area contributed by atoms with Crippen molar-refractivity contribution in [3.05, 3.63) is 23.8 Å². The Morgan fingerprint density at radius 2 is 1.83 bits per heavy atom. The normalized spacial score (nSPS) is 14.0. The Kier molecular flexibility index (Phi) is 3.36. The van der Waals surface area contributed by atoms with Gasteiger partial charge in [0.1, 0.15) is 0 Å². The minimum Gasteiger partial charge on any atom is -0.452 e. The molecule has 0 aliphatic heterocycles. The summed E-state index contributed by atoms with van der Waals surface area (Å²) < 4.78 is 4.87. The van der Waals surface area contributed by atoms with Gasteiger partial charge < -0.3 is 21.5 Å². The van der Waals surface area contributed by atoms with E-state index in [-0.39, 0.29) is 24.1 Å². The summed E-state index contributed by atoms with van der Waals surface area (Å²) in [4.78, 5) is 23.0. The smallest absolute Gasteiger partial charge is 0.338 e. The highest BCUT2D eigenvalue weighted by Crippen LogP contribution is 2.18. The first-order chi connectivity index (χ1) is 8.54. The number of anilines is 2. The summed E-state index contributed by atoms with van der Waals surface area (Å²) in [5, 5.41) is 2.72. The van der Waals surface area contributed by atoms with Crippen LogP contribution in [0.15, 0.2) is 18.2 Å². The van der Waals surface area contributed by atoms with Crippen LogP contribution in [0.3, 0.4) is 0 Å². The van der Waals surface area contributed by atoms with E-state index in [1.807, 2.05) is 0 Å². The maximum atomic E-state index is 11.6. The second-order valence-electron chi connectivity index (χ2n) is 4.31. The minimum atomic E-state index is -0.611. The molecule has 6 nitrogen and oxygen atoms in total. The summed E-state index contributed by atoms with van der Waals surface area (Å²) in [6.45, 7) is -0.288. The number of carbonyl (C=O) groups is 2. The maximum absolute atomic E-state index is 11.6. The molecular formula is C12H15N3O3. The summed E-state index contributed by atoms with van der Waals surface area (Å²) in [5.41, 5.74) is 12.1. The Labute approximate surface area is 104 Å². The molecule has 18 heavy (non-hydrogen) atoms. The highest BCUT2D eigenvalue weighted by Gasteiger charge is 2.23. The van der Waals surface area contributed by atoms with Gasteiger partial charge in [-0.3, -0.25) is 4.79 Å². The van der Waals surface area contributed by atoms with Gasteiger partial charge >= 0.3 is 5.97 Å². The molecular weight excluding hydrogens is 234 g/mol. The summed E-state index contributed by atoms with van der Waals surface area (Å²) in [6, 6.07) is 4.70. The Balaban J connectivity index is 1.88. The lowest BCUT2D eigenvalue weighted by Crippen LogP contribution is -2.30. The Hall–Kier alpha value is -2.24. The lowest BCUT2D eigenvalue weighted by molar-refractivity contribution is -0.124. The quantitative estimate of drug-likeness (QED) is 0.525. The zero-order chi connectivity index (χ0) is 13.1. The van der Waals surface area contributed by atoms with Crippen LogP contribution in [0.1, 0.15) is 23.2 Å². The molecule has 0 saturated heterocycles. The van der Waals surface area contributed by atoms with E-state index >= 15 is 0 Å². The molecule has 0 spiro atoms. The van der Waals surface area contributed by atoms with Crippen molar-refractivity contribution in [3.63, 3.8) is 0 Å². The van der Waals surface area contributed by atoms with Crippen LogP contribution < -0.4 is 16.8 Å². The molecule has 96 valence electrons. The van der Waals surface area contributed by atoms with Crippen LogP contribution in [-0.4, -0.2) is 24.5 Å². The molecule has 5 N–H and O–H groups in total. The van der Waals surface area contributed by atoms with Crippen molar-refractivity contribution >= 4 is 23.3 Å². The fourth-order valence-corrected chi connectivity index (χ4v) is 1.51. The molecule has 2 rings (SSSR count). The number of rotatable bonds is 4. The van der Waals surface area contributed by atoms with Crippen LogP contribution in [0.4, 0.5) is 11.4 Å². The fourth-order valence-electron chi connectivity index (χ4n) is 1.51. The standard InChI is InChI=1S/C12H15N3O3/c13-8-3-7(4-9(14)5-8)12(17)18-6-11(16)15-10-1-2-10/h3-5,10H,1-2,6,13-14H2,(H,15,16). The van der Waals surface area contributed by atoms with Gasteiger partial charge in [0.25, 0.3) is 5.91 Å². The molecule has 0 unspecified atom stereocenters. The van der Waals surface area contributed by atoms with Crippen molar-refractivity contribution in [1.82, 2.24) is 5.32 Å². The molecule has 0 aromatic heterocycles. The second-order valence-corrected chi connectivity index (χ2v) is 4.31. The number of nitrogens with two attached hydrogens (primary N) is 2. The number of esters is 1. The summed E-state index contributed by atoms with van der Waals surface area (Å²) >= 11 is 0. The molecule has 1 amide bonds. The van der Waals surface area contributed by atoms with E-state index in [4.69, 9.17) is 16.2 Å². The molecule has 1 aromatic carbocycles. The zero-order valence-electron chi connectivity index (χ0n) is 9.81. The molecule has 0 radical (unpaired) electrons. The van der Waals surface area contributed by atoms with E-state index in [2.05, 4.69) is 5.32 Å². The number of nitrogen functional groups attached to an aromatic ring is 2. The second kappa shape index (κ2) is 4.95. The molecule has 0 heterocycles. The number of benzene rings is 1. The first-order valence-corrected chi connectivity index (χ1v) is 5.67. The maximum Gasteiger partial charge on any atom is 0.338 e. The summed E-state index contributed by atoms with van der Waals surface area (Å²) in [6.07, 6.45) is 1.98. The molecule has 6 heteroatoms. The molecule has 1 fully saturated rings. The highest BCUT2D eigenvalue weighted by atomic mass is 16.5. The van der Waals surface area contributed by atoms with Crippen LogP contribution in [0, 0.1) is 0 Å². The summed E-state index contributed by atoms with van der Waals surface area (Å²) in [7, 11) is 0. The molecule has 1 aliphatic rings. The Morgan fingerprint density at radius 3 is 2.39 bits per heavy atom.